The largest absolute Gasteiger partial charge is 0.482 e. The Balaban J connectivity index is 1.49. The predicted octanol–water partition coefficient (Wildman–Crippen LogP) is 3.17. The fraction of sp³-hybridized carbons (Fsp3) is 0.263. The molecule has 2 aromatic rings. The van der Waals surface area contributed by atoms with Crippen molar-refractivity contribution in [2.24, 2.45) is 0 Å². The number of benzene rings is 2. The average molecular weight is 307 g/mol. The molecule has 3 rings (SSSR count). The minimum Gasteiger partial charge on any atom is -0.482 e. The van der Waals surface area contributed by atoms with Gasteiger partial charge >= 0.3 is 5.97 Å². The van der Waals surface area contributed by atoms with Crippen LogP contribution in [-0.2, 0) is 29.0 Å². The smallest absolute Gasteiger partial charge is 0.344 e. The summed E-state index contributed by atoms with van der Waals surface area (Å²) in [6.45, 7) is 0.0264. The molecule has 0 radical (unpaired) electrons. The molecule has 0 unspecified atom stereocenters. The van der Waals surface area contributed by atoms with Gasteiger partial charge in [-0.25, -0.2) is 4.79 Å². The first-order chi connectivity index (χ1) is 11.2. The van der Waals surface area contributed by atoms with E-state index in [1.807, 2.05) is 18.2 Å². The zero-order chi connectivity index (χ0) is 16.1. The minimum atomic E-state index is -0.423. The second-order valence-corrected chi connectivity index (χ2v) is 5.55. The van der Waals surface area contributed by atoms with E-state index >= 15 is 0 Å². The third kappa shape index (κ3) is 3.89. The van der Waals surface area contributed by atoms with Crippen LogP contribution in [0, 0.1) is 11.3 Å². The molecule has 0 bridgehead atoms. The molecule has 0 amide bonds. The van der Waals surface area contributed by atoms with Crippen LogP contribution in [0.15, 0.2) is 42.5 Å². The molecule has 0 aromatic heterocycles. The zero-order valence-corrected chi connectivity index (χ0v) is 12.7. The average Bonchev–Trinajstić information content (AvgIpc) is 3.06. The zero-order valence-electron chi connectivity index (χ0n) is 12.7. The van der Waals surface area contributed by atoms with E-state index in [-0.39, 0.29) is 13.2 Å². The van der Waals surface area contributed by atoms with Crippen molar-refractivity contribution in [2.45, 2.75) is 25.9 Å². The monoisotopic (exact) mass is 307 g/mol. The number of carbonyl (C=O) groups excluding carboxylic acids is 1. The van der Waals surface area contributed by atoms with E-state index < -0.39 is 5.97 Å². The number of aryl methyl sites for hydroxylation is 2. The van der Waals surface area contributed by atoms with Gasteiger partial charge in [-0.05, 0) is 60.2 Å². The van der Waals surface area contributed by atoms with Crippen molar-refractivity contribution in [1.29, 1.82) is 5.26 Å². The molecule has 0 saturated heterocycles. The molecule has 1 aliphatic rings. The second-order valence-electron chi connectivity index (χ2n) is 5.55. The molecule has 0 N–H and O–H groups in total. The molecular formula is C19H17NO3. The van der Waals surface area contributed by atoms with Crippen molar-refractivity contribution < 1.29 is 14.3 Å². The van der Waals surface area contributed by atoms with Crippen molar-refractivity contribution in [3.63, 3.8) is 0 Å². The Hall–Kier alpha value is -2.80. The highest BCUT2D eigenvalue weighted by molar-refractivity contribution is 5.71. The fourth-order valence-corrected chi connectivity index (χ4v) is 2.72. The Kier molecular flexibility index (Phi) is 4.58. The third-order valence-corrected chi connectivity index (χ3v) is 3.88. The van der Waals surface area contributed by atoms with Gasteiger partial charge in [-0.15, -0.1) is 0 Å². The van der Waals surface area contributed by atoms with Crippen LogP contribution in [0.4, 0.5) is 0 Å². The summed E-state index contributed by atoms with van der Waals surface area (Å²) in [7, 11) is 0. The molecule has 0 saturated carbocycles. The van der Waals surface area contributed by atoms with Gasteiger partial charge in [0, 0.05) is 0 Å². The van der Waals surface area contributed by atoms with Gasteiger partial charge in [0.2, 0.25) is 0 Å². The standard InChI is InChI=1S/C19H17NO3/c20-11-14-3-1-4-15(9-14)12-23-19(21)13-22-18-8-7-16-5-2-6-17(16)10-18/h1,3-4,7-10H,2,5-6,12-13H2. The van der Waals surface area contributed by atoms with E-state index in [4.69, 9.17) is 14.7 Å². The lowest BCUT2D eigenvalue weighted by atomic mass is 10.1. The lowest BCUT2D eigenvalue weighted by molar-refractivity contribution is -0.147. The van der Waals surface area contributed by atoms with Crippen molar-refractivity contribution in [3.8, 4) is 11.8 Å². The summed E-state index contributed by atoms with van der Waals surface area (Å²) in [5.74, 6) is 0.280. The molecule has 4 heteroatoms. The van der Waals surface area contributed by atoms with Gasteiger partial charge in [0.05, 0.1) is 11.6 Å². The van der Waals surface area contributed by atoms with Crippen LogP contribution >= 0.6 is 0 Å². The normalized spacial score (nSPS) is 12.3. The first-order valence-corrected chi connectivity index (χ1v) is 7.64. The number of ether oxygens (including phenoxy) is 2. The number of hydrogen-bond donors (Lipinski definition) is 0. The maximum atomic E-state index is 11.8. The molecule has 4 nitrogen and oxygen atoms in total. The molecule has 0 fully saturated rings. The highest BCUT2D eigenvalue weighted by atomic mass is 16.6. The van der Waals surface area contributed by atoms with E-state index in [0.717, 1.165) is 18.4 Å². The van der Waals surface area contributed by atoms with Gasteiger partial charge < -0.3 is 9.47 Å². The van der Waals surface area contributed by atoms with Gasteiger partial charge in [-0.1, -0.05) is 18.2 Å². The Morgan fingerprint density at radius 2 is 2.00 bits per heavy atom. The van der Waals surface area contributed by atoms with E-state index in [9.17, 15) is 4.79 Å². The van der Waals surface area contributed by atoms with Gasteiger partial charge in [0.15, 0.2) is 6.61 Å². The van der Waals surface area contributed by atoms with Crippen LogP contribution in [0.2, 0.25) is 0 Å². The molecule has 0 heterocycles. The van der Waals surface area contributed by atoms with Crippen molar-refractivity contribution in [3.05, 3.63) is 64.7 Å². The molecule has 0 atom stereocenters. The van der Waals surface area contributed by atoms with E-state index in [1.165, 1.54) is 17.5 Å². The molecule has 116 valence electrons. The van der Waals surface area contributed by atoms with Crippen molar-refractivity contribution in [1.82, 2.24) is 0 Å². The molecular weight excluding hydrogens is 290 g/mol. The van der Waals surface area contributed by atoms with Gasteiger partial charge in [-0.3, -0.25) is 0 Å². The summed E-state index contributed by atoms with van der Waals surface area (Å²) in [5, 5.41) is 8.84. The van der Waals surface area contributed by atoms with Gasteiger partial charge in [-0.2, -0.15) is 5.26 Å². The highest BCUT2D eigenvalue weighted by Crippen LogP contribution is 2.25. The molecule has 23 heavy (non-hydrogen) atoms. The number of hydrogen-bond acceptors (Lipinski definition) is 4. The van der Waals surface area contributed by atoms with E-state index in [2.05, 4.69) is 12.1 Å². The Morgan fingerprint density at radius 1 is 1.13 bits per heavy atom. The number of esters is 1. The lowest BCUT2D eigenvalue weighted by Crippen LogP contribution is -2.14. The Morgan fingerprint density at radius 3 is 2.87 bits per heavy atom. The summed E-state index contributed by atoms with van der Waals surface area (Å²) in [5.41, 5.74) is 4.02. The van der Waals surface area contributed by atoms with Crippen LogP contribution in [0.5, 0.6) is 5.75 Å². The molecule has 0 spiro atoms. The molecule has 2 aromatic carbocycles. The van der Waals surface area contributed by atoms with E-state index in [0.29, 0.717) is 11.3 Å². The number of fused-ring (bicyclic) bond motifs is 1. The number of nitrogens with zero attached hydrogens (tertiary/aromatic N) is 1. The van der Waals surface area contributed by atoms with E-state index in [1.54, 1.807) is 18.2 Å². The number of nitriles is 1. The first-order valence-electron chi connectivity index (χ1n) is 7.64. The maximum absolute atomic E-state index is 11.8. The summed E-state index contributed by atoms with van der Waals surface area (Å²) in [6, 6.07) is 15.0. The van der Waals surface area contributed by atoms with Crippen LogP contribution in [0.25, 0.3) is 0 Å². The molecule has 0 aliphatic heterocycles. The highest BCUT2D eigenvalue weighted by Gasteiger charge is 2.12. The second kappa shape index (κ2) is 6.97. The summed E-state index contributed by atoms with van der Waals surface area (Å²) in [6.07, 6.45) is 3.38. The van der Waals surface area contributed by atoms with Crippen LogP contribution in [0.1, 0.15) is 28.7 Å². The topological polar surface area (TPSA) is 59.3 Å². The number of rotatable bonds is 5. The Labute approximate surface area is 135 Å². The van der Waals surface area contributed by atoms with Crippen molar-refractivity contribution in [2.75, 3.05) is 6.61 Å². The maximum Gasteiger partial charge on any atom is 0.344 e. The Bertz CT molecular complexity index is 761. The van der Waals surface area contributed by atoms with Crippen LogP contribution in [-0.4, -0.2) is 12.6 Å². The van der Waals surface area contributed by atoms with Crippen LogP contribution in [0.3, 0.4) is 0 Å². The first kappa shape index (κ1) is 15.1. The van der Waals surface area contributed by atoms with Gasteiger partial charge in [0.25, 0.3) is 0 Å². The summed E-state index contributed by atoms with van der Waals surface area (Å²) in [4.78, 5) is 11.8. The van der Waals surface area contributed by atoms with Gasteiger partial charge in [0.1, 0.15) is 12.4 Å². The summed E-state index contributed by atoms with van der Waals surface area (Å²) < 4.78 is 10.7. The molecule has 1 aliphatic carbocycles. The van der Waals surface area contributed by atoms with Crippen LogP contribution < -0.4 is 4.74 Å². The SMILES string of the molecule is N#Cc1cccc(COC(=O)COc2ccc3c(c2)CCC3)c1. The predicted molar refractivity (Wildman–Crippen MR) is 84.9 cm³/mol. The quantitative estimate of drug-likeness (QED) is 0.796. The lowest BCUT2D eigenvalue weighted by Gasteiger charge is -2.08. The third-order valence-electron chi connectivity index (χ3n) is 3.88. The number of carbonyl (C=O) groups is 1. The summed E-state index contributed by atoms with van der Waals surface area (Å²) >= 11 is 0. The fourth-order valence-electron chi connectivity index (χ4n) is 2.72. The minimum absolute atomic E-state index is 0.114. The van der Waals surface area contributed by atoms with Crippen molar-refractivity contribution >= 4 is 5.97 Å².